The largest absolute Gasteiger partial charge is 0.261 e. The van der Waals surface area contributed by atoms with Gasteiger partial charge in [-0.05, 0) is 25.0 Å². The molecule has 0 aliphatic carbocycles. The van der Waals surface area contributed by atoms with Crippen LogP contribution in [-0.2, 0) is 6.42 Å². The van der Waals surface area contributed by atoms with Crippen LogP contribution in [0.5, 0.6) is 0 Å². The van der Waals surface area contributed by atoms with Gasteiger partial charge in [0, 0.05) is 11.9 Å². The Morgan fingerprint density at radius 1 is 0.571 bits per heavy atom. The van der Waals surface area contributed by atoms with E-state index in [1.807, 2.05) is 74.6 Å². The number of pyridine rings is 1. The maximum absolute atomic E-state index is 4.15. The van der Waals surface area contributed by atoms with Crippen LogP contribution in [0.1, 0.15) is 147 Å². The SMILES string of the molecule is CC.CC.CC.CC.CCC.CCCC.CCCC.CCc1ccc(C)nc1. The molecule has 0 amide bonds. The molecule has 28 heavy (non-hydrogen) atoms. The van der Waals surface area contributed by atoms with Gasteiger partial charge < -0.3 is 0 Å². The predicted octanol–water partition coefficient (Wildman–Crippen LogP) is 11.1. The van der Waals surface area contributed by atoms with Gasteiger partial charge in [-0.15, -0.1) is 0 Å². The normalized spacial score (nSPS) is 6.71. The molecule has 1 rings (SSSR count). The Balaban J connectivity index is -0.0000000402. The van der Waals surface area contributed by atoms with Crippen molar-refractivity contribution in [3.63, 3.8) is 0 Å². The Morgan fingerprint density at radius 3 is 1.00 bits per heavy atom. The van der Waals surface area contributed by atoms with Gasteiger partial charge in [-0.3, -0.25) is 4.98 Å². The quantitative estimate of drug-likeness (QED) is 0.490. The van der Waals surface area contributed by atoms with E-state index in [1.165, 1.54) is 37.7 Å². The molecule has 1 aromatic heterocycles. The lowest BCUT2D eigenvalue weighted by Gasteiger charge is -1.93. The molecule has 1 heteroatoms. The zero-order chi connectivity index (χ0) is 24.2. The number of hydrogen-bond acceptors (Lipinski definition) is 1. The van der Waals surface area contributed by atoms with Crippen LogP contribution in [0.15, 0.2) is 18.3 Å². The summed E-state index contributed by atoms with van der Waals surface area (Å²) in [5, 5.41) is 0. The van der Waals surface area contributed by atoms with Crippen molar-refractivity contribution in [3.8, 4) is 0 Å². The summed E-state index contributed by atoms with van der Waals surface area (Å²) >= 11 is 0. The van der Waals surface area contributed by atoms with E-state index in [1.54, 1.807) is 0 Å². The topological polar surface area (TPSA) is 12.9 Å². The van der Waals surface area contributed by atoms with Gasteiger partial charge in [-0.1, -0.05) is 142 Å². The second kappa shape index (κ2) is 72.1. The first-order chi connectivity index (χ1) is 13.6. The Hall–Kier alpha value is -0.850. The standard InChI is InChI=1S/C8H11N.2C4H10.C3H8.4C2H6/c1-3-8-5-4-7(2)9-6-8;2*1-3-4-2;1-3-2;4*1-2/h4-6H,3H2,1-2H3;2*3-4H2,1-2H3;3H2,1-2H3;4*1-2H3. The van der Waals surface area contributed by atoms with E-state index in [9.17, 15) is 0 Å². The van der Waals surface area contributed by atoms with Crippen LogP contribution in [0, 0.1) is 6.92 Å². The van der Waals surface area contributed by atoms with Crippen LogP contribution >= 0.6 is 0 Å². The Morgan fingerprint density at radius 2 is 0.857 bits per heavy atom. The van der Waals surface area contributed by atoms with Crippen molar-refractivity contribution in [1.29, 1.82) is 0 Å². The van der Waals surface area contributed by atoms with E-state index in [0.717, 1.165) is 12.1 Å². The van der Waals surface area contributed by atoms with Gasteiger partial charge in [-0.25, -0.2) is 0 Å². The summed E-state index contributed by atoms with van der Waals surface area (Å²) in [6, 6.07) is 4.15. The first-order valence-corrected chi connectivity index (χ1v) is 12.5. The molecule has 1 nitrogen and oxygen atoms in total. The number of aromatic nitrogens is 1. The molecule has 0 unspecified atom stereocenters. The van der Waals surface area contributed by atoms with E-state index in [0.29, 0.717) is 0 Å². The van der Waals surface area contributed by atoms with Crippen molar-refractivity contribution in [2.24, 2.45) is 0 Å². The molecule has 0 bridgehead atoms. The van der Waals surface area contributed by atoms with E-state index in [-0.39, 0.29) is 0 Å². The summed E-state index contributed by atoms with van der Waals surface area (Å²) in [7, 11) is 0. The van der Waals surface area contributed by atoms with Gasteiger partial charge in [0.25, 0.3) is 0 Å². The second-order valence-corrected chi connectivity index (χ2v) is 4.87. The van der Waals surface area contributed by atoms with Crippen molar-refractivity contribution in [1.82, 2.24) is 4.98 Å². The average Bonchev–Trinajstić information content (AvgIpc) is 2.80. The molecule has 1 heterocycles. The van der Waals surface area contributed by atoms with Gasteiger partial charge in [-0.2, -0.15) is 0 Å². The number of aryl methyl sites for hydroxylation is 2. The second-order valence-electron chi connectivity index (χ2n) is 4.87. The summed E-state index contributed by atoms with van der Waals surface area (Å²) in [5.41, 5.74) is 2.40. The highest BCUT2D eigenvalue weighted by Gasteiger charge is 1.86. The third-order valence-electron chi connectivity index (χ3n) is 2.38. The molecule has 0 fully saturated rings. The fraction of sp³-hybridized carbons (Fsp3) is 0.815. The molecular weight excluding hydrogens is 338 g/mol. The van der Waals surface area contributed by atoms with Gasteiger partial charge in [0.2, 0.25) is 0 Å². The summed E-state index contributed by atoms with van der Waals surface area (Å²) in [4.78, 5) is 4.15. The minimum absolute atomic E-state index is 1.08. The van der Waals surface area contributed by atoms with E-state index in [4.69, 9.17) is 0 Å². The summed E-state index contributed by atoms with van der Waals surface area (Å²) in [6.45, 7) is 33.1. The molecule has 0 saturated heterocycles. The smallest absolute Gasteiger partial charge is 0.0372 e. The zero-order valence-corrected chi connectivity index (χ0v) is 23.4. The van der Waals surface area contributed by atoms with Crippen molar-refractivity contribution in [2.45, 2.75) is 149 Å². The van der Waals surface area contributed by atoms with Crippen molar-refractivity contribution in [2.75, 3.05) is 0 Å². The predicted molar refractivity (Wildman–Crippen MR) is 141 cm³/mol. The lowest BCUT2D eigenvalue weighted by atomic mass is 10.2. The number of rotatable bonds is 3. The van der Waals surface area contributed by atoms with Crippen LogP contribution in [0.2, 0.25) is 0 Å². The number of unbranched alkanes of at least 4 members (excludes halogenated alkanes) is 2. The van der Waals surface area contributed by atoms with Crippen LogP contribution in [-0.4, -0.2) is 4.98 Å². The van der Waals surface area contributed by atoms with Crippen molar-refractivity contribution in [3.05, 3.63) is 29.6 Å². The molecule has 0 aliphatic rings. The molecule has 0 radical (unpaired) electrons. The van der Waals surface area contributed by atoms with Crippen LogP contribution in [0.3, 0.4) is 0 Å². The minimum atomic E-state index is 1.08. The maximum atomic E-state index is 4.15. The lowest BCUT2D eigenvalue weighted by Crippen LogP contribution is -1.83. The minimum Gasteiger partial charge on any atom is -0.261 e. The van der Waals surface area contributed by atoms with Crippen LogP contribution in [0.25, 0.3) is 0 Å². The number of hydrogen-bond donors (Lipinski definition) is 0. The van der Waals surface area contributed by atoms with Gasteiger partial charge in [0.05, 0.1) is 0 Å². The van der Waals surface area contributed by atoms with Gasteiger partial charge in [0.15, 0.2) is 0 Å². The highest BCUT2D eigenvalue weighted by molar-refractivity contribution is 5.12. The van der Waals surface area contributed by atoms with E-state index >= 15 is 0 Å². The average molecular weight is 402 g/mol. The van der Waals surface area contributed by atoms with Crippen LogP contribution < -0.4 is 0 Å². The molecule has 0 aromatic carbocycles. The fourth-order valence-electron chi connectivity index (χ4n) is 0.708. The van der Waals surface area contributed by atoms with Gasteiger partial charge in [0.1, 0.15) is 0 Å². The van der Waals surface area contributed by atoms with E-state index in [2.05, 4.69) is 59.5 Å². The Bertz CT molecular complexity index is 231. The first-order valence-electron chi connectivity index (χ1n) is 12.5. The molecule has 1 aromatic rings. The fourth-order valence-corrected chi connectivity index (χ4v) is 0.708. The highest BCUT2D eigenvalue weighted by atomic mass is 14.6. The summed E-state index contributed by atoms with van der Waals surface area (Å²) < 4.78 is 0. The number of nitrogens with zero attached hydrogens (tertiary/aromatic N) is 1. The van der Waals surface area contributed by atoms with E-state index < -0.39 is 0 Å². The monoisotopic (exact) mass is 401 g/mol. The van der Waals surface area contributed by atoms with Gasteiger partial charge >= 0.3 is 0 Å². The third kappa shape index (κ3) is 84.8. The van der Waals surface area contributed by atoms with Crippen molar-refractivity contribution >= 4 is 0 Å². The molecule has 0 N–H and O–H groups in total. The summed E-state index contributed by atoms with van der Waals surface area (Å²) in [5.74, 6) is 0. The summed E-state index contributed by atoms with van der Waals surface area (Å²) in [6.07, 6.45) is 9.53. The molecule has 0 atom stereocenters. The molecule has 176 valence electrons. The first kappa shape index (κ1) is 45.7. The highest BCUT2D eigenvalue weighted by Crippen LogP contribution is 1.98. The van der Waals surface area contributed by atoms with Crippen LogP contribution in [0.4, 0.5) is 0 Å². The molecule has 0 spiro atoms. The third-order valence-corrected chi connectivity index (χ3v) is 2.38. The maximum Gasteiger partial charge on any atom is 0.0372 e. The zero-order valence-electron chi connectivity index (χ0n) is 23.4. The lowest BCUT2D eigenvalue weighted by molar-refractivity contribution is 0.886. The Labute approximate surface area is 184 Å². The molecular formula is C27H63N. The molecule has 0 aliphatic heterocycles. The van der Waals surface area contributed by atoms with Crippen molar-refractivity contribution < 1.29 is 0 Å². The Kier molecular flexibility index (Phi) is 118. The molecule has 0 saturated carbocycles.